The molecule has 0 fully saturated rings. The highest BCUT2D eigenvalue weighted by Crippen LogP contribution is 2.31. The number of rotatable bonds is 2. The van der Waals surface area contributed by atoms with Gasteiger partial charge in [-0.2, -0.15) is 18.2 Å². The second kappa shape index (κ2) is 4.34. The van der Waals surface area contributed by atoms with Crippen molar-refractivity contribution in [2.45, 2.75) is 13.1 Å². The molecule has 6 nitrogen and oxygen atoms in total. The molecule has 0 unspecified atom stereocenters. The van der Waals surface area contributed by atoms with Gasteiger partial charge in [0.1, 0.15) is 0 Å². The maximum atomic E-state index is 12.3. The number of aryl methyl sites for hydroxylation is 1. The third-order valence-corrected chi connectivity index (χ3v) is 2.34. The fourth-order valence-electron chi connectivity index (χ4n) is 1.40. The third kappa shape index (κ3) is 2.54. The molecule has 0 saturated carbocycles. The molecule has 2 rings (SSSR count). The fraction of sp³-hybridized carbons (Fsp3) is 0.200. The molecule has 0 N–H and O–H groups in total. The number of nitro benzene ring substituents is 1. The molecule has 2 aromatic rings. The summed E-state index contributed by atoms with van der Waals surface area (Å²) in [5, 5.41) is 13.4. The van der Waals surface area contributed by atoms with E-state index in [4.69, 9.17) is 0 Å². The summed E-state index contributed by atoms with van der Waals surface area (Å²) in [6.45, 7) is 1.57. The maximum Gasteiger partial charge on any atom is 0.455 e. The predicted molar refractivity (Wildman–Crippen MR) is 56.1 cm³/mol. The maximum absolute atomic E-state index is 12.3. The van der Waals surface area contributed by atoms with Crippen LogP contribution in [-0.2, 0) is 6.18 Å². The first-order valence-corrected chi connectivity index (χ1v) is 4.95. The summed E-state index contributed by atoms with van der Waals surface area (Å²) in [4.78, 5) is 13.1. The van der Waals surface area contributed by atoms with Gasteiger partial charge in [-0.3, -0.25) is 10.1 Å². The molecular weight excluding hydrogens is 267 g/mol. The first kappa shape index (κ1) is 13.0. The Morgan fingerprint density at radius 1 is 1.37 bits per heavy atom. The van der Waals surface area contributed by atoms with Crippen LogP contribution in [0.3, 0.4) is 0 Å². The van der Waals surface area contributed by atoms with E-state index >= 15 is 0 Å². The van der Waals surface area contributed by atoms with Crippen molar-refractivity contribution in [2.24, 2.45) is 0 Å². The van der Waals surface area contributed by atoms with Crippen LogP contribution in [0.4, 0.5) is 18.9 Å². The predicted octanol–water partition coefficient (Wildman–Crippen LogP) is 2.97. The summed E-state index contributed by atoms with van der Waals surface area (Å²) >= 11 is 0. The van der Waals surface area contributed by atoms with Crippen LogP contribution in [0, 0.1) is 17.0 Å². The molecule has 0 bridgehead atoms. The molecule has 0 aliphatic carbocycles. The summed E-state index contributed by atoms with van der Waals surface area (Å²) in [5.74, 6) is -1.83. The van der Waals surface area contributed by atoms with E-state index in [1.807, 2.05) is 0 Å². The quantitative estimate of drug-likeness (QED) is 0.620. The number of hydrogen-bond donors (Lipinski definition) is 0. The minimum absolute atomic E-state index is 0.0946. The van der Waals surface area contributed by atoms with E-state index in [2.05, 4.69) is 14.7 Å². The Labute approximate surface area is 104 Å². The van der Waals surface area contributed by atoms with E-state index in [1.54, 1.807) is 6.92 Å². The van der Waals surface area contributed by atoms with Crippen molar-refractivity contribution in [3.05, 3.63) is 39.7 Å². The summed E-state index contributed by atoms with van der Waals surface area (Å²) in [6, 6.07) is 3.72. The third-order valence-electron chi connectivity index (χ3n) is 2.34. The minimum Gasteiger partial charge on any atom is -0.334 e. The molecule has 100 valence electrons. The van der Waals surface area contributed by atoms with E-state index in [9.17, 15) is 23.3 Å². The molecule has 0 radical (unpaired) electrons. The fourth-order valence-corrected chi connectivity index (χ4v) is 1.40. The second-order valence-electron chi connectivity index (χ2n) is 3.68. The lowest BCUT2D eigenvalue weighted by Crippen LogP contribution is -2.07. The van der Waals surface area contributed by atoms with Crippen LogP contribution in [0.15, 0.2) is 22.7 Å². The highest BCUT2D eigenvalue weighted by atomic mass is 19.4. The molecule has 0 saturated heterocycles. The van der Waals surface area contributed by atoms with Gasteiger partial charge in [0.15, 0.2) is 0 Å². The van der Waals surface area contributed by atoms with Crippen LogP contribution in [-0.4, -0.2) is 15.1 Å². The first-order chi connectivity index (χ1) is 8.79. The normalized spacial score (nSPS) is 11.6. The zero-order chi connectivity index (χ0) is 14.2. The zero-order valence-corrected chi connectivity index (χ0v) is 9.43. The van der Waals surface area contributed by atoms with E-state index in [1.165, 1.54) is 12.1 Å². The molecule has 9 heteroatoms. The van der Waals surface area contributed by atoms with E-state index in [-0.39, 0.29) is 11.3 Å². The van der Waals surface area contributed by atoms with Gasteiger partial charge in [0.25, 0.3) is 17.4 Å². The first-order valence-electron chi connectivity index (χ1n) is 4.95. The number of benzene rings is 1. The summed E-state index contributed by atoms with van der Waals surface area (Å²) in [7, 11) is 0. The Morgan fingerprint density at radius 3 is 2.58 bits per heavy atom. The molecule has 0 amide bonds. The van der Waals surface area contributed by atoms with E-state index in [0.29, 0.717) is 5.56 Å². The number of halogens is 3. The molecule has 19 heavy (non-hydrogen) atoms. The zero-order valence-electron chi connectivity index (χ0n) is 9.43. The lowest BCUT2D eigenvalue weighted by molar-refractivity contribution is -0.384. The lowest BCUT2D eigenvalue weighted by atomic mass is 10.1. The molecule has 1 heterocycles. The topological polar surface area (TPSA) is 82.1 Å². The van der Waals surface area contributed by atoms with Gasteiger partial charge in [-0.05, 0) is 12.5 Å². The van der Waals surface area contributed by atoms with Crippen molar-refractivity contribution in [3.63, 3.8) is 0 Å². The molecule has 1 aromatic heterocycles. The average molecular weight is 273 g/mol. The van der Waals surface area contributed by atoms with Gasteiger partial charge >= 0.3 is 6.18 Å². The molecule has 0 aliphatic heterocycles. The number of alkyl halides is 3. The minimum atomic E-state index is -4.73. The van der Waals surface area contributed by atoms with E-state index < -0.39 is 22.8 Å². The van der Waals surface area contributed by atoms with Gasteiger partial charge < -0.3 is 4.52 Å². The Hall–Kier alpha value is -2.45. The molecular formula is C10H6F3N3O3. The van der Waals surface area contributed by atoms with Gasteiger partial charge in [-0.25, -0.2) is 0 Å². The highest BCUT2D eigenvalue weighted by molar-refractivity contribution is 5.62. The van der Waals surface area contributed by atoms with Crippen LogP contribution in [0.1, 0.15) is 11.4 Å². The number of nitro groups is 1. The monoisotopic (exact) mass is 273 g/mol. The second-order valence-corrected chi connectivity index (χ2v) is 3.68. The van der Waals surface area contributed by atoms with Crippen molar-refractivity contribution in [1.82, 2.24) is 10.1 Å². The Balaban J connectivity index is 2.49. The number of non-ortho nitro benzene ring substituents is 1. The van der Waals surface area contributed by atoms with Crippen LogP contribution < -0.4 is 0 Å². The van der Waals surface area contributed by atoms with Crippen LogP contribution in [0.5, 0.6) is 0 Å². The Morgan fingerprint density at radius 2 is 2.05 bits per heavy atom. The molecule has 0 atom stereocenters. The van der Waals surface area contributed by atoms with Gasteiger partial charge in [0.05, 0.1) is 4.92 Å². The van der Waals surface area contributed by atoms with Crippen LogP contribution >= 0.6 is 0 Å². The van der Waals surface area contributed by atoms with Gasteiger partial charge in [0.2, 0.25) is 0 Å². The largest absolute Gasteiger partial charge is 0.455 e. The van der Waals surface area contributed by atoms with Gasteiger partial charge in [0, 0.05) is 17.7 Å². The Kier molecular flexibility index (Phi) is 2.97. The van der Waals surface area contributed by atoms with Crippen molar-refractivity contribution in [1.29, 1.82) is 0 Å². The van der Waals surface area contributed by atoms with Crippen molar-refractivity contribution >= 4 is 5.69 Å². The number of nitrogens with zero attached hydrogens (tertiary/aromatic N) is 3. The highest BCUT2D eigenvalue weighted by Gasteiger charge is 2.37. The van der Waals surface area contributed by atoms with Gasteiger partial charge in [-0.15, -0.1) is 0 Å². The van der Waals surface area contributed by atoms with E-state index in [0.717, 1.165) is 6.07 Å². The standard InChI is InChI=1S/C10H6F3N3O3/c1-5-2-3-6(16(17)18)4-7(5)8-14-9(15-19-8)10(11,12)13/h2-4H,1H3. The van der Waals surface area contributed by atoms with Crippen LogP contribution in [0.2, 0.25) is 0 Å². The molecule has 0 spiro atoms. The smallest absolute Gasteiger partial charge is 0.334 e. The summed E-state index contributed by atoms with van der Waals surface area (Å²) in [5.41, 5.74) is 0.313. The molecule has 1 aromatic carbocycles. The van der Waals surface area contributed by atoms with Crippen molar-refractivity contribution in [2.75, 3.05) is 0 Å². The SMILES string of the molecule is Cc1ccc([N+](=O)[O-])cc1-c1nc(C(F)(F)F)no1. The molecule has 0 aliphatic rings. The number of aromatic nitrogens is 2. The lowest BCUT2D eigenvalue weighted by Gasteiger charge is -2.00. The summed E-state index contributed by atoms with van der Waals surface area (Å²) in [6.07, 6.45) is -4.73. The number of hydrogen-bond acceptors (Lipinski definition) is 5. The average Bonchev–Trinajstić information content (AvgIpc) is 2.78. The van der Waals surface area contributed by atoms with Gasteiger partial charge in [-0.1, -0.05) is 11.2 Å². The van der Waals surface area contributed by atoms with Crippen LogP contribution in [0.25, 0.3) is 11.5 Å². The van der Waals surface area contributed by atoms with Crippen molar-refractivity contribution < 1.29 is 22.6 Å². The van der Waals surface area contributed by atoms with Crippen molar-refractivity contribution in [3.8, 4) is 11.5 Å². The summed E-state index contributed by atoms with van der Waals surface area (Å²) < 4.78 is 41.5. The Bertz CT molecular complexity index is 636.